The zero-order valence-electron chi connectivity index (χ0n) is 17.7. The highest BCUT2D eigenvalue weighted by Gasteiger charge is 2.52. The Morgan fingerprint density at radius 2 is 1.17 bits per heavy atom. The van der Waals surface area contributed by atoms with Gasteiger partial charge in [0.15, 0.2) is 0 Å². The van der Waals surface area contributed by atoms with E-state index in [-0.39, 0.29) is 0 Å². The van der Waals surface area contributed by atoms with Crippen molar-refractivity contribution >= 4 is 5.57 Å². The number of hydrogen-bond acceptors (Lipinski definition) is 0. The number of allylic oxidation sites excluding steroid dienone is 17. The standard InChI is InChI=1S/C30H28/c1-7-13-19-27-23(11-5)22(10-4)26(17-9-3)30(27)28(20-14-8-2)24(12-6)25-18-15-16-21-29(25)30/h7-21H,1-2,4-6H2,3H3/b17-9-,19-13-,20-14-. The lowest BCUT2D eigenvalue weighted by Gasteiger charge is -2.33. The second-order valence-corrected chi connectivity index (χ2v) is 7.08. The van der Waals surface area contributed by atoms with Crippen molar-refractivity contribution < 1.29 is 0 Å². The Morgan fingerprint density at radius 1 is 0.667 bits per heavy atom. The van der Waals surface area contributed by atoms with Crippen LogP contribution >= 0.6 is 0 Å². The molecule has 1 aromatic rings. The van der Waals surface area contributed by atoms with E-state index in [0.717, 1.165) is 22.3 Å². The molecule has 0 saturated carbocycles. The summed E-state index contributed by atoms with van der Waals surface area (Å²) < 4.78 is 0. The van der Waals surface area contributed by atoms with Crippen LogP contribution in [-0.2, 0) is 5.41 Å². The minimum absolute atomic E-state index is 0.487. The van der Waals surface area contributed by atoms with E-state index in [1.54, 1.807) is 6.08 Å². The maximum atomic E-state index is 4.15. The highest BCUT2D eigenvalue weighted by molar-refractivity contribution is 5.94. The minimum atomic E-state index is -0.487. The van der Waals surface area contributed by atoms with Crippen molar-refractivity contribution in [3.63, 3.8) is 0 Å². The molecule has 2 aliphatic carbocycles. The molecule has 0 aromatic heterocycles. The van der Waals surface area contributed by atoms with E-state index in [9.17, 15) is 0 Å². The van der Waals surface area contributed by atoms with E-state index in [0.29, 0.717) is 0 Å². The first-order chi connectivity index (χ1) is 14.7. The van der Waals surface area contributed by atoms with E-state index in [1.165, 1.54) is 22.3 Å². The van der Waals surface area contributed by atoms with Gasteiger partial charge in [-0.2, -0.15) is 0 Å². The molecule has 0 nitrogen and oxygen atoms in total. The lowest BCUT2D eigenvalue weighted by molar-refractivity contribution is 0.771. The average molecular weight is 389 g/mol. The molecule has 30 heavy (non-hydrogen) atoms. The summed E-state index contributed by atoms with van der Waals surface area (Å²) in [6, 6.07) is 8.56. The van der Waals surface area contributed by atoms with E-state index in [4.69, 9.17) is 0 Å². The van der Waals surface area contributed by atoms with Crippen LogP contribution in [0.4, 0.5) is 0 Å². The molecular formula is C30H28. The highest BCUT2D eigenvalue weighted by Crippen LogP contribution is 2.61. The van der Waals surface area contributed by atoms with Crippen LogP contribution in [0.5, 0.6) is 0 Å². The number of rotatable bonds is 8. The van der Waals surface area contributed by atoms with Gasteiger partial charge < -0.3 is 0 Å². The van der Waals surface area contributed by atoms with Gasteiger partial charge in [0.25, 0.3) is 0 Å². The zero-order valence-corrected chi connectivity index (χ0v) is 17.7. The Balaban J connectivity index is 2.63. The Morgan fingerprint density at radius 3 is 1.67 bits per heavy atom. The summed E-state index contributed by atoms with van der Waals surface area (Å²) in [5.41, 5.74) is 8.76. The van der Waals surface area contributed by atoms with Gasteiger partial charge in [0.2, 0.25) is 0 Å². The Kier molecular flexibility index (Phi) is 6.18. The number of hydrogen-bond donors (Lipinski definition) is 0. The second kappa shape index (κ2) is 8.80. The molecule has 0 heterocycles. The first-order valence-electron chi connectivity index (χ1n) is 10.1. The van der Waals surface area contributed by atoms with Crippen molar-refractivity contribution in [3.8, 4) is 0 Å². The van der Waals surface area contributed by atoms with Crippen molar-refractivity contribution in [3.05, 3.63) is 163 Å². The largest absolute Gasteiger partial charge is 0.0991 e. The van der Waals surface area contributed by atoms with E-state index >= 15 is 0 Å². The van der Waals surface area contributed by atoms with E-state index in [2.05, 4.69) is 81.5 Å². The van der Waals surface area contributed by atoms with Crippen molar-refractivity contribution in [2.24, 2.45) is 0 Å². The van der Waals surface area contributed by atoms with Gasteiger partial charge in [-0.15, -0.1) is 0 Å². The van der Waals surface area contributed by atoms with E-state index in [1.807, 2.05) is 43.4 Å². The molecule has 0 bridgehead atoms. The molecule has 0 radical (unpaired) electrons. The quantitative estimate of drug-likeness (QED) is 0.397. The summed E-state index contributed by atoms with van der Waals surface area (Å²) in [6.45, 7) is 22.2. The van der Waals surface area contributed by atoms with Crippen molar-refractivity contribution in [2.45, 2.75) is 12.3 Å². The second-order valence-electron chi connectivity index (χ2n) is 7.08. The van der Waals surface area contributed by atoms with Crippen LogP contribution in [0.15, 0.2) is 152 Å². The Labute approximate surface area is 181 Å². The lowest BCUT2D eigenvalue weighted by Crippen LogP contribution is -2.28. The zero-order chi connectivity index (χ0) is 21.7. The van der Waals surface area contributed by atoms with Gasteiger partial charge in [-0.05, 0) is 51.5 Å². The van der Waals surface area contributed by atoms with Crippen molar-refractivity contribution in [1.82, 2.24) is 0 Å². The molecule has 0 N–H and O–H groups in total. The van der Waals surface area contributed by atoms with Gasteiger partial charge in [0.1, 0.15) is 0 Å². The first-order valence-corrected chi connectivity index (χ1v) is 10.1. The molecule has 3 rings (SSSR count). The summed E-state index contributed by atoms with van der Waals surface area (Å²) in [7, 11) is 0. The average Bonchev–Trinajstić information content (AvgIpc) is 3.20. The molecule has 0 amide bonds. The fourth-order valence-electron chi connectivity index (χ4n) is 4.76. The maximum absolute atomic E-state index is 4.15. The third-order valence-electron chi connectivity index (χ3n) is 5.74. The fourth-order valence-corrected chi connectivity index (χ4v) is 4.76. The third-order valence-corrected chi connectivity index (χ3v) is 5.74. The molecule has 1 atom stereocenters. The van der Waals surface area contributed by atoms with Gasteiger partial charge in [0.05, 0.1) is 5.41 Å². The third kappa shape index (κ3) is 2.84. The SMILES string of the molecule is C=C/C=C\C1=C(C=C)C(C=C)=C(/C=C\C)C12C(/C=C\C=C)=C(C=C)c1ccccc12. The van der Waals surface area contributed by atoms with Gasteiger partial charge in [-0.1, -0.05) is 124 Å². The summed E-state index contributed by atoms with van der Waals surface area (Å²) in [5, 5.41) is 0. The van der Waals surface area contributed by atoms with Gasteiger partial charge >= 0.3 is 0 Å². The van der Waals surface area contributed by atoms with Gasteiger partial charge in [-0.3, -0.25) is 0 Å². The molecule has 0 fully saturated rings. The molecule has 0 saturated heterocycles. The predicted molar refractivity (Wildman–Crippen MR) is 133 cm³/mol. The smallest absolute Gasteiger partial charge is 0.0725 e. The van der Waals surface area contributed by atoms with Crippen LogP contribution in [0, 0.1) is 0 Å². The van der Waals surface area contributed by atoms with Gasteiger partial charge in [-0.25, -0.2) is 0 Å². The normalized spacial score (nSPS) is 20.8. The van der Waals surface area contributed by atoms with Crippen molar-refractivity contribution in [2.75, 3.05) is 0 Å². The first kappa shape index (κ1) is 21.1. The molecule has 148 valence electrons. The van der Waals surface area contributed by atoms with Crippen LogP contribution in [0.1, 0.15) is 18.1 Å². The maximum Gasteiger partial charge on any atom is 0.0725 e. The lowest BCUT2D eigenvalue weighted by atomic mass is 9.67. The van der Waals surface area contributed by atoms with Gasteiger partial charge in [0, 0.05) is 0 Å². The molecular weight excluding hydrogens is 360 g/mol. The van der Waals surface area contributed by atoms with E-state index < -0.39 is 5.41 Å². The predicted octanol–water partition coefficient (Wildman–Crippen LogP) is 7.92. The molecule has 2 aliphatic rings. The summed E-state index contributed by atoms with van der Waals surface area (Å²) >= 11 is 0. The molecule has 1 spiro atoms. The highest BCUT2D eigenvalue weighted by atomic mass is 14.5. The molecule has 0 aliphatic heterocycles. The fraction of sp³-hybridized carbons (Fsp3) is 0.0667. The topological polar surface area (TPSA) is 0 Å². The van der Waals surface area contributed by atoms with Crippen LogP contribution < -0.4 is 0 Å². The van der Waals surface area contributed by atoms with Crippen LogP contribution in [0.3, 0.4) is 0 Å². The Bertz CT molecular complexity index is 1120. The van der Waals surface area contributed by atoms with Crippen molar-refractivity contribution in [1.29, 1.82) is 0 Å². The summed E-state index contributed by atoms with van der Waals surface area (Å²) in [6.07, 6.45) is 22.0. The van der Waals surface area contributed by atoms with Crippen LogP contribution in [0.2, 0.25) is 0 Å². The molecule has 0 heteroatoms. The van der Waals surface area contributed by atoms with Crippen LogP contribution in [-0.4, -0.2) is 0 Å². The number of benzene rings is 1. The monoisotopic (exact) mass is 388 g/mol. The Hall–Kier alpha value is -3.64. The summed E-state index contributed by atoms with van der Waals surface area (Å²) in [4.78, 5) is 0. The number of fused-ring (bicyclic) bond motifs is 2. The minimum Gasteiger partial charge on any atom is -0.0991 e. The molecule has 1 unspecified atom stereocenters. The van der Waals surface area contributed by atoms with Crippen LogP contribution in [0.25, 0.3) is 5.57 Å². The molecule has 1 aromatic carbocycles. The summed E-state index contributed by atoms with van der Waals surface area (Å²) in [5.74, 6) is 0.